The number of rotatable bonds is 6. The summed E-state index contributed by atoms with van der Waals surface area (Å²) >= 11 is 0. The van der Waals surface area contributed by atoms with Crippen LogP contribution in [0, 0.1) is 0 Å². The van der Waals surface area contributed by atoms with Crippen molar-refractivity contribution in [1.82, 2.24) is 14.5 Å². The van der Waals surface area contributed by atoms with Crippen LogP contribution in [0.15, 0.2) is 41.7 Å². The number of hydrogen-bond acceptors (Lipinski definition) is 9. The van der Waals surface area contributed by atoms with Gasteiger partial charge < -0.3 is 19.8 Å². The minimum atomic E-state index is -3.31. The Labute approximate surface area is 213 Å². The van der Waals surface area contributed by atoms with Crippen molar-refractivity contribution in [2.75, 3.05) is 12.0 Å². The van der Waals surface area contributed by atoms with E-state index in [0.717, 1.165) is 0 Å². The molecule has 3 heterocycles. The molecule has 12 heteroatoms. The second kappa shape index (κ2) is 9.49. The van der Waals surface area contributed by atoms with Crippen molar-refractivity contribution in [3.05, 3.63) is 47.9 Å². The van der Waals surface area contributed by atoms with Gasteiger partial charge in [0.25, 0.3) is 5.91 Å². The van der Waals surface area contributed by atoms with E-state index in [-0.39, 0.29) is 16.7 Å². The van der Waals surface area contributed by atoms with Crippen molar-refractivity contribution in [2.45, 2.75) is 69.9 Å². The lowest BCUT2D eigenvalue weighted by atomic mass is 10.2. The largest absolute Gasteiger partial charge is 0.411 e. The van der Waals surface area contributed by atoms with E-state index in [1.807, 2.05) is 6.07 Å². The summed E-state index contributed by atoms with van der Waals surface area (Å²) in [6, 6.07) is 8.88. The van der Waals surface area contributed by atoms with Crippen LogP contribution in [0.4, 0.5) is 5.82 Å². The first-order valence-electron chi connectivity index (χ1n) is 11.9. The standard InChI is InChI=1S/C24H35N5O5SSi/c1-24(2,3)36(5,6)34-17-12-19(33-18(17)13-35(4,31)32)28-15-27-22-20(21(28)25)26-14-29(22)23(30)16-10-8-7-9-11-16/h7-11,14-15,17-19,21H,12-13,25H2,1-6H3/t17-,18-,19+,21?/m0/s1. The molecule has 0 amide bonds. The average molecular weight is 534 g/mol. The van der Waals surface area contributed by atoms with Crippen LogP contribution in [-0.4, -0.2) is 73.9 Å². The van der Waals surface area contributed by atoms with Crippen LogP contribution in [-0.2, 0) is 19.0 Å². The minimum absolute atomic E-state index is 0.0449. The molecule has 4 rings (SSSR count). The molecule has 1 aromatic heterocycles. The van der Waals surface area contributed by atoms with Crippen LogP contribution in [0.5, 0.6) is 0 Å². The Kier molecular flexibility index (Phi) is 7.03. The topological polar surface area (TPSA) is 129 Å². The van der Waals surface area contributed by atoms with Gasteiger partial charge in [0.05, 0.1) is 24.3 Å². The zero-order chi connectivity index (χ0) is 26.5. The summed E-state index contributed by atoms with van der Waals surface area (Å²) in [4.78, 5) is 23.5. The van der Waals surface area contributed by atoms with Crippen LogP contribution in [0.25, 0.3) is 0 Å². The fraction of sp³-hybridized carbons (Fsp3) is 0.542. The van der Waals surface area contributed by atoms with E-state index in [0.29, 0.717) is 23.5 Å². The van der Waals surface area contributed by atoms with Crippen LogP contribution < -0.4 is 5.73 Å². The van der Waals surface area contributed by atoms with Crippen molar-refractivity contribution < 1.29 is 22.4 Å². The normalized spacial score (nSPS) is 24.7. The van der Waals surface area contributed by atoms with Gasteiger partial charge in [-0.1, -0.05) is 39.0 Å². The molecular weight excluding hydrogens is 498 g/mol. The average Bonchev–Trinajstić information content (AvgIpc) is 3.36. The number of aliphatic imine (C=N–C) groups is 1. The first-order chi connectivity index (χ1) is 16.7. The minimum Gasteiger partial charge on any atom is -0.411 e. The zero-order valence-electron chi connectivity index (χ0n) is 21.6. The van der Waals surface area contributed by atoms with E-state index in [4.69, 9.17) is 14.9 Å². The number of carbonyl (C=O) groups is 1. The highest BCUT2D eigenvalue weighted by atomic mass is 32.2. The molecule has 2 aliphatic heterocycles. The van der Waals surface area contributed by atoms with Crippen LogP contribution in [0.1, 0.15) is 49.4 Å². The Morgan fingerprint density at radius 2 is 1.92 bits per heavy atom. The van der Waals surface area contributed by atoms with E-state index in [1.54, 1.807) is 35.5 Å². The third-order valence-corrected chi connectivity index (χ3v) is 12.6. The molecule has 0 aliphatic carbocycles. The number of nitrogens with zero attached hydrogens (tertiary/aromatic N) is 4. The smallest absolute Gasteiger partial charge is 0.264 e. The molecular formula is C24H35N5O5SSi. The fourth-order valence-electron chi connectivity index (χ4n) is 4.16. The molecule has 0 bridgehead atoms. The lowest BCUT2D eigenvalue weighted by Gasteiger charge is -2.39. The molecule has 0 spiro atoms. The van der Waals surface area contributed by atoms with Gasteiger partial charge in [-0.2, -0.15) is 0 Å². The van der Waals surface area contributed by atoms with Gasteiger partial charge in [0, 0.05) is 18.2 Å². The van der Waals surface area contributed by atoms with Gasteiger partial charge in [0.2, 0.25) is 0 Å². The van der Waals surface area contributed by atoms with Gasteiger partial charge in [0.15, 0.2) is 14.1 Å². The third-order valence-electron chi connectivity index (χ3n) is 7.16. The Balaban J connectivity index is 1.57. The lowest BCUT2D eigenvalue weighted by molar-refractivity contribution is -0.0373. The highest BCUT2D eigenvalue weighted by Crippen LogP contribution is 2.41. The summed E-state index contributed by atoms with van der Waals surface area (Å²) in [6.07, 6.45) is 2.30. The summed E-state index contributed by atoms with van der Waals surface area (Å²) in [5.41, 5.74) is 7.51. The number of hydrogen-bond donors (Lipinski definition) is 1. The maximum absolute atomic E-state index is 13.0. The Morgan fingerprint density at radius 1 is 1.25 bits per heavy atom. The number of nitrogens with two attached hydrogens (primary N) is 1. The van der Waals surface area contributed by atoms with E-state index >= 15 is 0 Å². The Hall–Kier alpha value is -2.38. The summed E-state index contributed by atoms with van der Waals surface area (Å²) in [5, 5.41) is -0.0449. The van der Waals surface area contributed by atoms with Gasteiger partial charge in [-0.15, -0.1) is 0 Å². The second-order valence-electron chi connectivity index (χ2n) is 11.0. The predicted molar refractivity (Wildman–Crippen MR) is 140 cm³/mol. The van der Waals surface area contributed by atoms with Crippen molar-refractivity contribution in [3.8, 4) is 0 Å². The van der Waals surface area contributed by atoms with Crippen molar-refractivity contribution >= 4 is 36.2 Å². The number of benzene rings is 1. The van der Waals surface area contributed by atoms with Crippen molar-refractivity contribution in [1.29, 1.82) is 0 Å². The molecule has 2 aliphatic rings. The monoisotopic (exact) mass is 533 g/mol. The number of fused-ring (bicyclic) bond motifs is 1. The van der Waals surface area contributed by atoms with E-state index in [9.17, 15) is 13.2 Å². The molecule has 0 saturated carbocycles. The first kappa shape index (κ1) is 26.7. The summed E-state index contributed by atoms with van der Waals surface area (Å²) in [7, 11) is -5.50. The highest BCUT2D eigenvalue weighted by molar-refractivity contribution is 7.90. The maximum Gasteiger partial charge on any atom is 0.264 e. The fourth-order valence-corrected chi connectivity index (χ4v) is 6.41. The molecule has 196 valence electrons. The highest BCUT2D eigenvalue weighted by Gasteiger charge is 2.47. The number of imidazole rings is 1. The molecule has 1 unspecified atom stereocenters. The Morgan fingerprint density at radius 3 is 2.53 bits per heavy atom. The second-order valence-corrected chi connectivity index (χ2v) is 17.9. The van der Waals surface area contributed by atoms with Crippen LogP contribution in [0.2, 0.25) is 18.1 Å². The predicted octanol–water partition coefficient (Wildman–Crippen LogP) is 3.05. The number of ether oxygens (including phenoxy) is 1. The van der Waals surface area contributed by atoms with E-state index < -0.39 is 42.8 Å². The molecule has 1 aromatic carbocycles. The van der Waals surface area contributed by atoms with Crippen LogP contribution >= 0.6 is 0 Å². The molecule has 36 heavy (non-hydrogen) atoms. The summed E-state index contributed by atoms with van der Waals surface area (Å²) in [5.74, 6) is -0.0308. The van der Waals surface area contributed by atoms with Gasteiger partial charge in [-0.3, -0.25) is 4.79 Å². The van der Waals surface area contributed by atoms with Crippen molar-refractivity contribution in [3.63, 3.8) is 0 Å². The molecule has 0 radical (unpaired) electrons. The van der Waals surface area contributed by atoms with Gasteiger partial charge >= 0.3 is 0 Å². The number of carbonyl (C=O) groups excluding carboxylic acids is 1. The lowest BCUT2D eigenvalue weighted by Crippen LogP contribution is -2.47. The molecule has 2 aromatic rings. The van der Waals surface area contributed by atoms with E-state index in [1.165, 1.54) is 17.2 Å². The molecule has 1 fully saturated rings. The van der Waals surface area contributed by atoms with Gasteiger partial charge in [-0.25, -0.2) is 23.0 Å². The van der Waals surface area contributed by atoms with Crippen LogP contribution in [0.3, 0.4) is 0 Å². The van der Waals surface area contributed by atoms with E-state index in [2.05, 4.69) is 43.8 Å². The number of aromatic nitrogens is 2. The maximum atomic E-state index is 13.0. The number of sulfone groups is 1. The molecule has 10 nitrogen and oxygen atoms in total. The van der Waals surface area contributed by atoms with Gasteiger partial charge in [0.1, 0.15) is 34.3 Å². The zero-order valence-corrected chi connectivity index (χ0v) is 23.4. The first-order valence-corrected chi connectivity index (χ1v) is 16.9. The Bertz CT molecular complexity index is 1260. The molecule has 2 N–H and O–H groups in total. The van der Waals surface area contributed by atoms with Crippen molar-refractivity contribution in [2.24, 2.45) is 10.7 Å². The quantitative estimate of drug-likeness (QED) is 0.561. The molecule has 1 saturated heterocycles. The molecule has 4 atom stereocenters. The summed E-state index contributed by atoms with van der Waals surface area (Å²) in [6.45, 7) is 10.7. The summed E-state index contributed by atoms with van der Waals surface area (Å²) < 4.78 is 38.5. The third kappa shape index (κ3) is 5.32. The van der Waals surface area contributed by atoms with Gasteiger partial charge in [-0.05, 0) is 30.3 Å². The SMILES string of the molecule is CC(C)(C)[Si](C)(C)O[C@H]1C[C@H](N2C=Nc3c(ncn3C(=O)c3ccccc3)C2N)O[C@H]1CS(C)(=O)=O.